The summed E-state index contributed by atoms with van der Waals surface area (Å²) in [6.45, 7) is 2.01. The highest BCUT2D eigenvalue weighted by atomic mass is 16.3. The van der Waals surface area contributed by atoms with Crippen molar-refractivity contribution in [2.75, 3.05) is 11.1 Å². The number of aromatic nitrogens is 1. The monoisotopic (exact) mass is 271 g/mol. The van der Waals surface area contributed by atoms with Crippen molar-refractivity contribution >= 4 is 17.3 Å². The van der Waals surface area contributed by atoms with Gasteiger partial charge in [-0.3, -0.25) is 9.78 Å². The fraction of sp³-hybridized carbons (Fsp3) is 0.200. The third-order valence-corrected chi connectivity index (χ3v) is 2.93. The van der Waals surface area contributed by atoms with Crippen molar-refractivity contribution in [3.05, 3.63) is 47.8 Å². The lowest BCUT2D eigenvalue weighted by Gasteiger charge is -2.09. The smallest absolute Gasteiger partial charge is 0.230 e. The molecule has 0 fully saturated rings. The number of carbonyl (C=O) groups is 1. The lowest BCUT2D eigenvalue weighted by atomic mass is 10.1. The molecule has 1 aromatic carbocycles. The topological polar surface area (TPSA) is 88.2 Å². The molecule has 0 saturated carbocycles. The van der Waals surface area contributed by atoms with Gasteiger partial charge in [0.25, 0.3) is 0 Å². The van der Waals surface area contributed by atoms with Crippen molar-refractivity contribution in [2.24, 2.45) is 0 Å². The number of carbonyl (C=O) groups excluding carboxylic acids is 1. The molecule has 0 saturated heterocycles. The van der Waals surface area contributed by atoms with E-state index >= 15 is 0 Å². The minimum atomic E-state index is -0.231. The van der Waals surface area contributed by atoms with Gasteiger partial charge in [-0.15, -0.1) is 0 Å². The number of nitrogens with one attached hydrogen (secondary N) is 1. The summed E-state index contributed by atoms with van der Waals surface area (Å²) in [7, 11) is 0. The number of pyridine rings is 1. The molecule has 0 atom stereocenters. The van der Waals surface area contributed by atoms with Crippen LogP contribution in [0.4, 0.5) is 11.4 Å². The Labute approximate surface area is 117 Å². The fourth-order valence-corrected chi connectivity index (χ4v) is 1.80. The molecule has 0 unspecified atom stereocenters. The maximum atomic E-state index is 11.9. The molecular weight excluding hydrogens is 254 g/mol. The van der Waals surface area contributed by atoms with E-state index in [1.54, 1.807) is 24.3 Å². The number of anilines is 2. The minimum absolute atomic E-state index is 0.0563. The van der Waals surface area contributed by atoms with Crippen molar-refractivity contribution in [1.82, 2.24) is 4.98 Å². The van der Waals surface area contributed by atoms with Crippen molar-refractivity contribution in [1.29, 1.82) is 0 Å². The molecule has 0 bridgehead atoms. The number of phenolic OH excluding ortho intramolecular Hbond substituents is 1. The van der Waals surface area contributed by atoms with Gasteiger partial charge in [-0.2, -0.15) is 0 Å². The molecule has 0 radical (unpaired) electrons. The van der Waals surface area contributed by atoms with Crippen LogP contribution >= 0.6 is 0 Å². The van der Waals surface area contributed by atoms with Crippen LogP contribution in [-0.4, -0.2) is 16.0 Å². The summed E-state index contributed by atoms with van der Waals surface area (Å²) in [6.07, 6.45) is 2.48. The van der Waals surface area contributed by atoms with Gasteiger partial charge in [0, 0.05) is 5.69 Å². The van der Waals surface area contributed by atoms with E-state index in [0.29, 0.717) is 17.1 Å². The highest BCUT2D eigenvalue weighted by Gasteiger charge is 2.08. The molecular formula is C15H17N3O2. The lowest BCUT2D eigenvalue weighted by Crippen LogP contribution is -2.15. The van der Waals surface area contributed by atoms with Gasteiger partial charge in [-0.1, -0.05) is 13.0 Å². The van der Waals surface area contributed by atoms with Crippen LogP contribution in [0.15, 0.2) is 36.5 Å². The van der Waals surface area contributed by atoms with E-state index in [1.807, 2.05) is 13.0 Å². The van der Waals surface area contributed by atoms with Gasteiger partial charge >= 0.3 is 0 Å². The SMILES string of the molecule is CCc1ccc(O)c(NC(=O)Cc2ccc(N)cn2)c1. The number of aromatic hydroxyl groups is 1. The first kappa shape index (κ1) is 13.9. The van der Waals surface area contributed by atoms with Gasteiger partial charge in [0.15, 0.2) is 0 Å². The zero-order chi connectivity index (χ0) is 14.5. The Morgan fingerprint density at radius 3 is 2.80 bits per heavy atom. The second-order valence-electron chi connectivity index (χ2n) is 4.51. The van der Waals surface area contributed by atoms with Crippen LogP contribution in [0.3, 0.4) is 0 Å². The Bertz CT molecular complexity index is 609. The van der Waals surface area contributed by atoms with Gasteiger partial charge in [-0.05, 0) is 36.2 Å². The molecule has 5 heteroatoms. The van der Waals surface area contributed by atoms with E-state index in [9.17, 15) is 9.90 Å². The van der Waals surface area contributed by atoms with Crippen molar-refractivity contribution in [2.45, 2.75) is 19.8 Å². The normalized spacial score (nSPS) is 10.2. The number of hydrogen-bond donors (Lipinski definition) is 3. The average molecular weight is 271 g/mol. The maximum Gasteiger partial charge on any atom is 0.230 e. The molecule has 0 aliphatic carbocycles. The number of nitrogen functional groups attached to an aromatic ring is 1. The first-order valence-electron chi connectivity index (χ1n) is 6.40. The molecule has 1 heterocycles. The number of amides is 1. The number of phenols is 1. The number of rotatable bonds is 4. The molecule has 1 amide bonds. The van der Waals surface area contributed by atoms with E-state index in [2.05, 4.69) is 10.3 Å². The van der Waals surface area contributed by atoms with Crippen LogP contribution in [-0.2, 0) is 17.6 Å². The number of aryl methyl sites for hydroxylation is 1. The molecule has 2 aromatic rings. The van der Waals surface area contributed by atoms with Crippen molar-refractivity contribution < 1.29 is 9.90 Å². The molecule has 5 nitrogen and oxygen atoms in total. The van der Waals surface area contributed by atoms with Gasteiger partial charge < -0.3 is 16.2 Å². The molecule has 0 aliphatic rings. The molecule has 2 rings (SSSR count). The minimum Gasteiger partial charge on any atom is -0.506 e. The van der Waals surface area contributed by atoms with Crippen LogP contribution < -0.4 is 11.1 Å². The van der Waals surface area contributed by atoms with Crippen molar-refractivity contribution in [3.63, 3.8) is 0 Å². The Morgan fingerprint density at radius 2 is 2.15 bits per heavy atom. The van der Waals surface area contributed by atoms with Gasteiger partial charge in [-0.25, -0.2) is 0 Å². The van der Waals surface area contributed by atoms with Gasteiger partial charge in [0.05, 0.1) is 24.0 Å². The Hall–Kier alpha value is -2.56. The third kappa shape index (κ3) is 3.47. The highest BCUT2D eigenvalue weighted by molar-refractivity contribution is 5.93. The first-order valence-corrected chi connectivity index (χ1v) is 6.40. The summed E-state index contributed by atoms with van der Waals surface area (Å²) in [6, 6.07) is 8.58. The van der Waals surface area contributed by atoms with E-state index in [0.717, 1.165) is 12.0 Å². The van der Waals surface area contributed by atoms with E-state index < -0.39 is 0 Å². The summed E-state index contributed by atoms with van der Waals surface area (Å²) < 4.78 is 0. The van der Waals surface area contributed by atoms with Crippen LogP contribution in [0, 0.1) is 0 Å². The van der Waals surface area contributed by atoms with E-state index in [-0.39, 0.29) is 18.1 Å². The zero-order valence-corrected chi connectivity index (χ0v) is 11.3. The Kier molecular flexibility index (Phi) is 4.20. The zero-order valence-electron chi connectivity index (χ0n) is 11.3. The van der Waals surface area contributed by atoms with Crippen LogP contribution in [0.1, 0.15) is 18.2 Å². The van der Waals surface area contributed by atoms with Gasteiger partial charge in [0.2, 0.25) is 5.91 Å². The summed E-state index contributed by atoms with van der Waals surface area (Å²) in [5, 5.41) is 12.4. The second-order valence-corrected chi connectivity index (χ2v) is 4.51. The van der Waals surface area contributed by atoms with Crippen LogP contribution in [0.2, 0.25) is 0 Å². The summed E-state index contributed by atoms with van der Waals surface area (Å²) in [5.74, 6) is -0.174. The van der Waals surface area contributed by atoms with E-state index in [4.69, 9.17) is 5.73 Å². The predicted octanol–water partition coefficient (Wildman–Crippen LogP) is 2.11. The Balaban J connectivity index is 2.06. The predicted molar refractivity (Wildman–Crippen MR) is 78.5 cm³/mol. The third-order valence-electron chi connectivity index (χ3n) is 2.93. The van der Waals surface area contributed by atoms with Crippen molar-refractivity contribution in [3.8, 4) is 5.75 Å². The fourth-order valence-electron chi connectivity index (χ4n) is 1.80. The quantitative estimate of drug-likeness (QED) is 0.743. The molecule has 20 heavy (non-hydrogen) atoms. The molecule has 4 N–H and O–H groups in total. The number of nitrogens with two attached hydrogens (primary N) is 1. The Morgan fingerprint density at radius 1 is 1.35 bits per heavy atom. The average Bonchev–Trinajstić information content (AvgIpc) is 2.44. The molecule has 1 aromatic heterocycles. The number of hydrogen-bond acceptors (Lipinski definition) is 4. The van der Waals surface area contributed by atoms with Crippen LogP contribution in [0.5, 0.6) is 5.75 Å². The van der Waals surface area contributed by atoms with Gasteiger partial charge in [0.1, 0.15) is 5.75 Å². The molecule has 104 valence electrons. The van der Waals surface area contributed by atoms with E-state index in [1.165, 1.54) is 6.20 Å². The second kappa shape index (κ2) is 6.06. The highest BCUT2D eigenvalue weighted by Crippen LogP contribution is 2.24. The number of benzene rings is 1. The number of nitrogens with zero attached hydrogens (tertiary/aromatic N) is 1. The lowest BCUT2D eigenvalue weighted by molar-refractivity contribution is -0.115. The summed E-state index contributed by atoms with van der Waals surface area (Å²) in [5.41, 5.74) is 8.19. The molecule has 0 aliphatic heterocycles. The maximum absolute atomic E-state index is 11.9. The molecule has 0 spiro atoms. The largest absolute Gasteiger partial charge is 0.506 e. The van der Waals surface area contributed by atoms with Crippen LogP contribution in [0.25, 0.3) is 0 Å². The summed E-state index contributed by atoms with van der Waals surface area (Å²) in [4.78, 5) is 16.0. The standard InChI is InChI=1S/C15H17N3O2/c1-2-10-3-6-14(19)13(7-10)18-15(20)8-12-5-4-11(16)9-17-12/h3-7,9,19H,2,8,16H2,1H3,(H,18,20). The summed E-state index contributed by atoms with van der Waals surface area (Å²) >= 11 is 0. The first-order chi connectivity index (χ1) is 9.58.